The molecule has 5 nitrogen and oxygen atoms in total. The third-order valence-electron chi connectivity index (χ3n) is 3.91. The summed E-state index contributed by atoms with van der Waals surface area (Å²) in [5.41, 5.74) is 7.08. The Morgan fingerprint density at radius 1 is 1.48 bits per heavy atom. The minimum atomic E-state index is -0.216. The minimum absolute atomic E-state index is 0.0347. The Bertz CT molecular complexity index is 512. The number of carbonyl (C=O) groups excluding carboxylic acids is 1. The molecule has 1 aliphatic heterocycles. The quantitative estimate of drug-likeness (QED) is 0.804. The third-order valence-corrected chi connectivity index (χ3v) is 4.14. The van der Waals surface area contributed by atoms with Crippen LogP contribution in [-0.2, 0) is 9.53 Å². The highest BCUT2D eigenvalue weighted by Crippen LogP contribution is 2.15. The van der Waals surface area contributed by atoms with Crippen LogP contribution < -0.4 is 11.1 Å². The number of amides is 1. The van der Waals surface area contributed by atoms with E-state index in [9.17, 15) is 4.79 Å². The number of hydrogen-bond donors (Lipinski definition) is 2. The van der Waals surface area contributed by atoms with Crippen LogP contribution in [0.25, 0.3) is 0 Å². The molecule has 2 atom stereocenters. The number of benzene rings is 1. The average Bonchev–Trinajstić information content (AvgIpc) is 3.00. The van der Waals surface area contributed by atoms with E-state index in [0.29, 0.717) is 17.6 Å². The second-order valence-electron chi connectivity index (χ2n) is 5.29. The molecule has 6 heteroatoms. The summed E-state index contributed by atoms with van der Waals surface area (Å²) in [6.07, 6.45) is 0.969. The van der Waals surface area contributed by atoms with E-state index in [4.69, 9.17) is 22.7 Å². The second kappa shape index (κ2) is 6.98. The highest BCUT2D eigenvalue weighted by Gasteiger charge is 2.27. The van der Waals surface area contributed by atoms with Crippen LogP contribution in [0.3, 0.4) is 0 Å². The molecule has 0 bridgehead atoms. The smallest absolute Gasteiger partial charge is 0.241 e. The first kappa shape index (κ1) is 15.9. The Hall–Kier alpha value is -1.50. The zero-order chi connectivity index (χ0) is 15.4. The number of thiocarbonyl (C=S) groups is 1. The van der Waals surface area contributed by atoms with Gasteiger partial charge in [-0.3, -0.25) is 9.69 Å². The standard InChI is InChI=1S/C15H21N3O2S/c1-10(18(2)13-7-8-20-9-13)15(19)17-12-5-3-11(4-6-12)14(16)21/h3-6,10,13H,7-9H2,1-2H3,(H2,16,21)(H,17,19). The topological polar surface area (TPSA) is 67.6 Å². The summed E-state index contributed by atoms with van der Waals surface area (Å²) in [6, 6.07) is 7.30. The highest BCUT2D eigenvalue weighted by molar-refractivity contribution is 7.80. The second-order valence-corrected chi connectivity index (χ2v) is 5.73. The lowest BCUT2D eigenvalue weighted by Crippen LogP contribution is -2.45. The van der Waals surface area contributed by atoms with Crippen molar-refractivity contribution in [1.82, 2.24) is 4.90 Å². The Morgan fingerprint density at radius 3 is 2.67 bits per heavy atom. The van der Waals surface area contributed by atoms with Gasteiger partial charge in [0, 0.05) is 23.9 Å². The van der Waals surface area contributed by atoms with E-state index >= 15 is 0 Å². The van der Waals surface area contributed by atoms with E-state index in [0.717, 1.165) is 24.3 Å². The van der Waals surface area contributed by atoms with Gasteiger partial charge in [-0.2, -0.15) is 0 Å². The number of nitrogens with two attached hydrogens (primary N) is 1. The number of rotatable bonds is 5. The van der Waals surface area contributed by atoms with Crippen LogP contribution in [0, 0.1) is 0 Å². The molecule has 1 heterocycles. The predicted molar refractivity (Wildman–Crippen MR) is 87.4 cm³/mol. The summed E-state index contributed by atoms with van der Waals surface area (Å²) in [5.74, 6) is -0.0347. The first-order valence-electron chi connectivity index (χ1n) is 6.99. The summed E-state index contributed by atoms with van der Waals surface area (Å²) < 4.78 is 5.36. The Balaban J connectivity index is 1.94. The van der Waals surface area contributed by atoms with Gasteiger partial charge in [0.1, 0.15) is 4.99 Å². The van der Waals surface area contributed by atoms with Gasteiger partial charge in [-0.05, 0) is 44.7 Å². The minimum Gasteiger partial charge on any atom is -0.389 e. The molecule has 1 aromatic carbocycles. The maximum absolute atomic E-state index is 12.3. The molecule has 0 saturated carbocycles. The summed E-state index contributed by atoms with van der Waals surface area (Å²) in [5, 5.41) is 2.91. The maximum Gasteiger partial charge on any atom is 0.241 e. The Labute approximate surface area is 130 Å². The fourth-order valence-electron chi connectivity index (χ4n) is 2.31. The molecular weight excluding hydrogens is 286 g/mol. The van der Waals surface area contributed by atoms with Gasteiger partial charge in [-0.25, -0.2) is 0 Å². The number of nitrogens with one attached hydrogen (secondary N) is 1. The third kappa shape index (κ3) is 4.00. The maximum atomic E-state index is 12.3. The molecule has 2 unspecified atom stereocenters. The largest absolute Gasteiger partial charge is 0.389 e. The molecule has 1 saturated heterocycles. The molecule has 21 heavy (non-hydrogen) atoms. The van der Waals surface area contributed by atoms with Crippen molar-refractivity contribution in [2.45, 2.75) is 25.4 Å². The number of ether oxygens (including phenoxy) is 1. The average molecular weight is 307 g/mol. The van der Waals surface area contributed by atoms with Crippen molar-refractivity contribution in [2.75, 3.05) is 25.6 Å². The van der Waals surface area contributed by atoms with Gasteiger partial charge < -0.3 is 15.8 Å². The zero-order valence-corrected chi connectivity index (χ0v) is 13.2. The molecule has 1 amide bonds. The highest BCUT2D eigenvalue weighted by atomic mass is 32.1. The Morgan fingerprint density at radius 2 is 2.14 bits per heavy atom. The first-order valence-corrected chi connectivity index (χ1v) is 7.40. The van der Waals surface area contributed by atoms with Crippen molar-refractivity contribution in [3.63, 3.8) is 0 Å². The van der Waals surface area contributed by atoms with Crippen LogP contribution in [-0.4, -0.2) is 48.1 Å². The van der Waals surface area contributed by atoms with E-state index in [1.54, 1.807) is 24.3 Å². The van der Waals surface area contributed by atoms with E-state index < -0.39 is 0 Å². The molecule has 0 aromatic heterocycles. The lowest BCUT2D eigenvalue weighted by atomic mass is 10.1. The lowest BCUT2D eigenvalue weighted by molar-refractivity contribution is -0.121. The molecular formula is C15H21N3O2S. The molecule has 2 rings (SSSR count). The molecule has 0 aliphatic carbocycles. The normalized spacial score (nSPS) is 19.5. The van der Waals surface area contributed by atoms with Crippen molar-refractivity contribution in [3.05, 3.63) is 29.8 Å². The summed E-state index contributed by atoms with van der Waals surface area (Å²) in [7, 11) is 1.96. The lowest BCUT2D eigenvalue weighted by Gasteiger charge is -2.28. The van der Waals surface area contributed by atoms with E-state index in [2.05, 4.69) is 10.2 Å². The van der Waals surface area contributed by atoms with Gasteiger partial charge in [0.2, 0.25) is 5.91 Å². The predicted octanol–water partition coefficient (Wildman–Crippen LogP) is 1.37. The van der Waals surface area contributed by atoms with Crippen molar-refractivity contribution in [2.24, 2.45) is 5.73 Å². The number of anilines is 1. The molecule has 3 N–H and O–H groups in total. The van der Waals surface area contributed by atoms with Gasteiger partial charge in [0.15, 0.2) is 0 Å². The van der Waals surface area contributed by atoms with Gasteiger partial charge in [-0.15, -0.1) is 0 Å². The van der Waals surface area contributed by atoms with Crippen LogP contribution in [0.15, 0.2) is 24.3 Å². The number of hydrogen-bond acceptors (Lipinski definition) is 4. The van der Waals surface area contributed by atoms with Crippen LogP contribution in [0.1, 0.15) is 18.9 Å². The molecule has 1 aromatic rings. The van der Waals surface area contributed by atoms with Gasteiger partial charge in [-0.1, -0.05) is 12.2 Å². The number of carbonyl (C=O) groups is 1. The molecule has 1 fully saturated rings. The van der Waals surface area contributed by atoms with E-state index in [1.807, 2.05) is 14.0 Å². The van der Waals surface area contributed by atoms with Crippen molar-refractivity contribution in [3.8, 4) is 0 Å². The van der Waals surface area contributed by atoms with Gasteiger partial charge >= 0.3 is 0 Å². The summed E-state index contributed by atoms with van der Waals surface area (Å²) in [4.78, 5) is 14.7. The summed E-state index contributed by atoms with van der Waals surface area (Å²) >= 11 is 4.90. The van der Waals surface area contributed by atoms with Crippen LogP contribution in [0.2, 0.25) is 0 Å². The molecule has 0 spiro atoms. The van der Waals surface area contributed by atoms with Crippen molar-refractivity contribution >= 4 is 28.8 Å². The fourth-order valence-corrected chi connectivity index (χ4v) is 2.45. The van der Waals surface area contributed by atoms with Crippen LogP contribution in [0.4, 0.5) is 5.69 Å². The Kier molecular flexibility index (Phi) is 5.27. The molecule has 0 radical (unpaired) electrons. The van der Waals surface area contributed by atoms with Crippen LogP contribution in [0.5, 0.6) is 0 Å². The zero-order valence-electron chi connectivity index (χ0n) is 12.3. The van der Waals surface area contributed by atoms with Crippen LogP contribution >= 0.6 is 12.2 Å². The molecule has 114 valence electrons. The number of nitrogens with zero attached hydrogens (tertiary/aromatic N) is 1. The summed E-state index contributed by atoms with van der Waals surface area (Å²) in [6.45, 7) is 3.36. The fraction of sp³-hybridized carbons (Fsp3) is 0.467. The van der Waals surface area contributed by atoms with Gasteiger partial charge in [0.05, 0.1) is 12.6 Å². The SMILES string of the molecule is CC(C(=O)Nc1ccc(C(N)=S)cc1)N(C)C1CCOC1. The first-order chi connectivity index (χ1) is 9.99. The van der Waals surface area contributed by atoms with Gasteiger partial charge in [0.25, 0.3) is 0 Å². The van der Waals surface area contributed by atoms with Crippen molar-refractivity contribution in [1.29, 1.82) is 0 Å². The molecule has 1 aliphatic rings. The number of likely N-dealkylation sites (N-methyl/N-ethyl adjacent to an activating group) is 1. The van der Waals surface area contributed by atoms with E-state index in [-0.39, 0.29) is 11.9 Å². The van der Waals surface area contributed by atoms with E-state index in [1.165, 1.54) is 0 Å². The monoisotopic (exact) mass is 307 g/mol. The van der Waals surface area contributed by atoms with Crippen molar-refractivity contribution < 1.29 is 9.53 Å².